The molecular weight excluding hydrogens is 374 g/mol. The maximum absolute atomic E-state index is 6.42. The molecule has 0 spiro atoms. The Hall–Kier alpha value is -3.73. The molecular formula is C25H25N3O2. The zero-order valence-corrected chi connectivity index (χ0v) is 17.2. The van der Waals surface area contributed by atoms with E-state index in [1.807, 2.05) is 48.5 Å². The maximum atomic E-state index is 6.42. The Labute approximate surface area is 176 Å². The second-order valence-corrected chi connectivity index (χ2v) is 7.25. The first-order valence-electron chi connectivity index (χ1n) is 9.80. The van der Waals surface area contributed by atoms with Crippen molar-refractivity contribution >= 4 is 22.4 Å². The number of nitrogens with two attached hydrogens (primary N) is 2. The Morgan fingerprint density at radius 1 is 0.733 bits per heavy atom. The number of aromatic nitrogens is 1. The third kappa shape index (κ3) is 3.87. The molecule has 152 valence electrons. The first-order valence-corrected chi connectivity index (χ1v) is 9.80. The number of nitrogens with zero attached hydrogens (tertiary/aromatic N) is 1. The summed E-state index contributed by atoms with van der Waals surface area (Å²) in [7, 11) is 3.33. The molecule has 30 heavy (non-hydrogen) atoms. The van der Waals surface area contributed by atoms with E-state index in [2.05, 4.69) is 23.2 Å². The van der Waals surface area contributed by atoms with Gasteiger partial charge in [-0.05, 0) is 59.0 Å². The molecule has 4 rings (SSSR count). The number of rotatable bonds is 6. The molecule has 4 N–H and O–H groups in total. The van der Waals surface area contributed by atoms with Crippen molar-refractivity contribution in [2.45, 2.75) is 12.8 Å². The van der Waals surface area contributed by atoms with E-state index in [0.29, 0.717) is 17.9 Å². The molecule has 1 aromatic heterocycles. The van der Waals surface area contributed by atoms with Crippen molar-refractivity contribution in [2.24, 2.45) is 0 Å². The average molecular weight is 399 g/mol. The van der Waals surface area contributed by atoms with Gasteiger partial charge in [-0.15, -0.1) is 0 Å². The predicted octanol–water partition coefficient (Wildman–Crippen LogP) is 4.60. The van der Waals surface area contributed by atoms with Gasteiger partial charge in [0.2, 0.25) is 0 Å². The molecule has 0 unspecified atom stereocenters. The highest BCUT2D eigenvalue weighted by molar-refractivity contribution is 5.93. The molecule has 1 heterocycles. The number of anilines is 2. The van der Waals surface area contributed by atoms with Crippen molar-refractivity contribution in [3.63, 3.8) is 0 Å². The lowest BCUT2D eigenvalue weighted by Crippen LogP contribution is -2.06. The van der Waals surface area contributed by atoms with E-state index in [0.717, 1.165) is 39.9 Å². The molecule has 0 aliphatic rings. The number of pyridine rings is 1. The number of ether oxygens (including phenoxy) is 2. The minimum absolute atomic E-state index is 0.368. The van der Waals surface area contributed by atoms with Gasteiger partial charge in [-0.3, -0.25) is 0 Å². The molecule has 5 nitrogen and oxygen atoms in total. The molecule has 0 aliphatic carbocycles. The lowest BCUT2D eigenvalue weighted by atomic mass is 9.93. The highest BCUT2D eigenvalue weighted by atomic mass is 16.5. The molecule has 0 aliphatic heterocycles. The van der Waals surface area contributed by atoms with E-state index in [1.165, 1.54) is 11.1 Å². The van der Waals surface area contributed by atoms with Gasteiger partial charge in [0, 0.05) is 11.8 Å². The summed E-state index contributed by atoms with van der Waals surface area (Å²) in [6, 6.07) is 22.2. The van der Waals surface area contributed by atoms with E-state index in [9.17, 15) is 0 Å². The van der Waals surface area contributed by atoms with E-state index in [-0.39, 0.29) is 0 Å². The number of hydrogen-bond donors (Lipinski definition) is 2. The van der Waals surface area contributed by atoms with Crippen LogP contribution in [0.5, 0.6) is 11.5 Å². The third-order valence-corrected chi connectivity index (χ3v) is 5.37. The van der Waals surface area contributed by atoms with Crippen LogP contribution in [0.3, 0.4) is 0 Å². The van der Waals surface area contributed by atoms with Crippen molar-refractivity contribution < 1.29 is 9.47 Å². The Bertz CT molecular complexity index is 1170. The van der Waals surface area contributed by atoms with Crippen LogP contribution < -0.4 is 20.9 Å². The predicted molar refractivity (Wildman–Crippen MR) is 122 cm³/mol. The van der Waals surface area contributed by atoms with Crippen LogP contribution in [0.4, 0.5) is 11.5 Å². The van der Waals surface area contributed by atoms with Crippen LogP contribution in [0.1, 0.15) is 22.3 Å². The Kier molecular flexibility index (Phi) is 5.44. The quantitative estimate of drug-likeness (QED) is 0.495. The van der Waals surface area contributed by atoms with Gasteiger partial charge in [0.1, 0.15) is 17.3 Å². The smallest absolute Gasteiger partial charge is 0.147 e. The second kappa shape index (κ2) is 8.33. The fraction of sp³-hybridized carbons (Fsp3) is 0.160. The van der Waals surface area contributed by atoms with Crippen LogP contribution in [-0.4, -0.2) is 19.2 Å². The Balaban J connectivity index is 1.79. The summed E-state index contributed by atoms with van der Waals surface area (Å²) in [5, 5.41) is 1.07. The van der Waals surface area contributed by atoms with Crippen LogP contribution in [0, 0.1) is 0 Å². The molecule has 0 atom stereocenters. The fourth-order valence-corrected chi connectivity index (χ4v) is 3.75. The first kappa shape index (κ1) is 19.6. The monoisotopic (exact) mass is 399 g/mol. The molecule has 3 aromatic carbocycles. The van der Waals surface area contributed by atoms with E-state index < -0.39 is 0 Å². The zero-order chi connectivity index (χ0) is 21.1. The van der Waals surface area contributed by atoms with Crippen molar-refractivity contribution in [2.75, 3.05) is 25.7 Å². The summed E-state index contributed by atoms with van der Waals surface area (Å²) >= 11 is 0. The summed E-state index contributed by atoms with van der Waals surface area (Å²) in [4.78, 5) is 4.55. The zero-order valence-electron chi connectivity index (χ0n) is 17.2. The molecule has 0 radical (unpaired) electrons. The molecule has 0 bridgehead atoms. The molecule has 0 amide bonds. The van der Waals surface area contributed by atoms with E-state index in [1.54, 1.807) is 14.2 Å². The minimum Gasteiger partial charge on any atom is -0.497 e. The van der Waals surface area contributed by atoms with Crippen LogP contribution in [0.2, 0.25) is 0 Å². The highest BCUT2D eigenvalue weighted by Gasteiger charge is 2.15. The van der Waals surface area contributed by atoms with Gasteiger partial charge in [0.25, 0.3) is 0 Å². The van der Waals surface area contributed by atoms with Gasteiger partial charge in [-0.25, -0.2) is 4.98 Å². The topological polar surface area (TPSA) is 83.4 Å². The summed E-state index contributed by atoms with van der Waals surface area (Å²) in [6.45, 7) is 0. The summed E-state index contributed by atoms with van der Waals surface area (Å²) in [5.74, 6) is 2.04. The summed E-state index contributed by atoms with van der Waals surface area (Å²) in [5.41, 5.74) is 18.5. The number of methoxy groups -OCH3 is 2. The molecule has 5 heteroatoms. The van der Waals surface area contributed by atoms with Gasteiger partial charge in [0.15, 0.2) is 0 Å². The van der Waals surface area contributed by atoms with Gasteiger partial charge >= 0.3 is 0 Å². The van der Waals surface area contributed by atoms with Gasteiger partial charge < -0.3 is 20.9 Å². The fourth-order valence-electron chi connectivity index (χ4n) is 3.75. The minimum atomic E-state index is 0.368. The van der Waals surface area contributed by atoms with Gasteiger partial charge in [-0.2, -0.15) is 0 Å². The summed E-state index contributed by atoms with van der Waals surface area (Å²) in [6.07, 6.45) is 1.43. The SMILES string of the molecule is COc1ccc(Cc2cccc3nc(N)c(N)c(Cc4ccc(OC)cc4)c23)cc1. The van der Waals surface area contributed by atoms with Crippen LogP contribution in [-0.2, 0) is 12.8 Å². The van der Waals surface area contributed by atoms with Crippen LogP contribution >= 0.6 is 0 Å². The molecule has 0 saturated carbocycles. The normalized spacial score (nSPS) is 10.9. The Morgan fingerprint density at radius 3 is 1.87 bits per heavy atom. The van der Waals surface area contributed by atoms with Crippen molar-refractivity contribution in [1.82, 2.24) is 4.98 Å². The Morgan fingerprint density at radius 2 is 1.30 bits per heavy atom. The molecule has 4 aromatic rings. The number of fused-ring (bicyclic) bond motifs is 1. The first-order chi connectivity index (χ1) is 14.6. The van der Waals surface area contributed by atoms with E-state index in [4.69, 9.17) is 20.9 Å². The average Bonchev–Trinajstić information content (AvgIpc) is 2.78. The maximum Gasteiger partial charge on any atom is 0.147 e. The van der Waals surface area contributed by atoms with Crippen molar-refractivity contribution in [1.29, 1.82) is 0 Å². The van der Waals surface area contributed by atoms with E-state index >= 15 is 0 Å². The van der Waals surface area contributed by atoms with Crippen molar-refractivity contribution in [3.05, 3.63) is 89.0 Å². The third-order valence-electron chi connectivity index (χ3n) is 5.37. The van der Waals surface area contributed by atoms with Crippen molar-refractivity contribution in [3.8, 4) is 11.5 Å². The highest BCUT2D eigenvalue weighted by Crippen LogP contribution is 2.33. The van der Waals surface area contributed by atoms with Crippen LogP contribution in [0.15, 0.2) is 66.7 Å². The van der Waals surface area contributed by atoms with Gasteiger partial charge in [0.05, 0.1) is 25.4 Å². The lowest BCUT2D eigenvalue weighted by molar-refractivity contribution is 0.414. The summed E-state index contributed by atoms with van der Waals surface area (Å²) < 4.78 is 10.5. The van der Waals surface area contributed by atoms with Gasteiger partial charge in [-0.1, -0.05) is 36.4 Å². The lowest BCUT2D eigenvalue weighted by Gasteiger charge is -2.16. The number of nitrogen functional groups attached to an aromatic ring is 2. The van der Waals surface area contributed by atoms with Crippen LogP contribution in [0.25, 0.3) is 10.9 Å². The largest absolute Gasteiger partial charge is 0.497 e. The second-order valence-electron chi connectivity index (χ2n) is 7.25. The number of benzene rings is 3. The molecule has 0 saturated heterocycles. The molecule has 0 fully saturated rings. The standard InChI is InChI=1S/C25H25N3O2/c1-29-19-10-6-16(7-11-19)14-18-4-3-5-22-23(18)21(24(26)25(27)28-22)15-17-8-12-20(30-2)13-9-17/h3-13H,14-15,26H2,1-2H3,(H2,27,28). The number of hydrogen-bond acceptors (Lipinski definition) is 5.